The Morgan fingerprint density at radius 1 is 1.03 bits per heavy atom. The summed E-state index contributed by atoms with van der Waals surface area (Å²) in [7, 11) is 0. The molecule has 8 heteroatoms. The van der Waals surface area contributed by atoms with Gasteiger partial charge in [-0.15, -0.1) is 11.8 Å². The molecule has 7 nitrogen and oxygen atoms in total. The van der Waals surface area contributed by atoms with Gasteiger partial charge < -0.3 is 20.5 Å². The molecule has 2 amide bonds. The molecule has 0 bridgehead atoms. The predicted molar refractivity (Wildman–Crippen MR) is 134 cm³/mol. The first-order chi connectivity index (χ1) is 16.2. The Morgan fingerprint density at radius 2 is 1.62 bits per heavy atom. The van der Waals surface area contributed by atoms with Gasteiger partial charge in [0.1, 0.15) is 6.61 Å². The number of carboxylic acid groups (broad SMARTS) is 1. The number of thioether (sulfide) groups is 1. The molecule has 1 atom stereocenters. The number of nitrogens with one attached hydrogen (secondary N) is 2. The fourth-order valence-electron chi connectivity index (χ4n) is 4.04. The quantitative estimate of drug-likeness (QED) is 0.435. The third-order valence-corrected chi connectivity index (χ3v) is 6.81. The van der Waals surface area contributed by atoms with E-state index in [4.69, 9.17) is 9.84 Å². The lowest BCUT2D eigenvalue weighted by molar-refractivity contribution is -0.133. The van der Waals surface area contributed by atoms with Crippen molar-refractivity contribution in [2.75, 3.05) is 24.7 Å². The van der Waals surface area contributed by atoms with E-state index < -0.39 is 18.1 Å². The summed E-state index contributed by atoms with van der Waals surface area (Å²) in [5, 5.41) is 14.3. The maximum atomic E-state index is 12.7. The Hall–Kier alpha value is -3.00. The number of ether oxygens (including phenoxy) is 1. The van der Waals surface area contributed by atoms with Crippen molar-refractivity contribution < 1.29 is 24.2 Å². The van der Waals surface area contributed by atoms with E-state index in [1.54, 1.807) is 0 Å². The molecule has 0 saturated carbocycles. The lowest BCUT2D eigenvalue weighted by Gasteiger charge is -2.31. The number of benzene rings is 2. The van der Waals surface area contributed by atoms with Gasteiger partial charge in [0.15, 0.2) is 0 Å². The molecular formula is C26H32N2O5S. The molecular weight excluding hydrogens is 452 g/mol. The highest BCUT2D eigenvalue weighted by molar-refractivity contribution is 7.99. The molecule has 2 aromatic rings. The van der Waals surface area contributed by atoms with Gasteiger partial charge in [-0.3, -0.25) is 9.59 Å². The molecule has 182 valence electrons. The van der Waals surface area contributed by atoms with Gasteiger partial charge in [0.2, 0.25) is 5.91 Å². The maximum Gasteiger partial charge on any atom is 0.407 e. The van der Waals surface area contributed by atoms with Crippen LogP contribution in [0.2, 0.25) is 0 Å². The average molecular weight is 485 g/mol. The molecule has 0 fully saturated rings. The van der Waals surface area contributed by atoms with Gasteiger partial charge in [0.05, 0.1) is 5.75 Å². The first-order valence-corrected chi connectivity index (χ1v) is 12.5. The van der Waals surface area contributed by atoms with Crippen LogP contribution in [0.25, 0.3) is 11.1 Å². The van der Waals surface area contributed by atoms with Crippen LogP contribution in [0.3, 0.4) is 0 Å². The third-order valence-electron chi connectivity index (χ3n) is 5.86. The summed E-state index contributed by atoms with van der Waals surface area (Å²) < 4.78 is 5.64. The zero-order chi connectivity index (χ0) is 24.7. The van der Waals surface area contributed by atoms with Crippen LogP contribution in [-0.4, -0.2) is 53.8 Å². The largest absolute Gasteiger partial charge is 0.481 e. The molecule has 0 heterocycles. The van der Waals surface area contributed by atoms with E-state index in [-0.39, 0.29) is 36.0 Å². The standard InChI is InChI=1S/C26H32N2O5S/c1-26(2,3)22(14-23(29)27-12-13-34-16-24(30)31)28-25(32)33-15-21-19-10-6-4-8-17(19)18-9-5-7-11-20(18)21/h4-11,21-22H,12-16H2,1-3H3,(H,27,29)(H,28,32)(H,30,31). The van der Waals surface area contributed by atoms with Crippen LogP contribution < -0.4 is 10.6 Å². The normalized spacial score (nSPS) is 13.5. The van der Waals surface area contributed by atoms with Gasteiger partial charge in [-0.05, 0) is 27.7 Å². The second-order valence-electron chi connectivity index (χ2n) is 9.39. The number of carbonyl (C=O) groups excluding carboxylic acids is 2. The zero-order valence-electron chi connectivity index (χ0n) is 19.8. The molecule has 34 heavy (non-hydrogen) atoms. The van der Waals surface area contributed by atoms with E-state index in [9.17, 15) is 14.4 Å². The number of aliphatic carboxylic acids is 1. The fraction of sp³-hybridized carbons (Fsp3) is 0.423. The number of rotatable bonds is 10. The molecule has 3 N–H and O–H groups in total. The minimum Gasteiger partial charge on any atom is -0.481 e. The number of hydrogen-bond donors (Lipinski definition) is 3. The Morgan fingerprint density at radius 3 is 2.18 bits per heavy atom. The fourth-order valence-corrected chi connectivity index (χ4v) is 4.60. The average Bonchev–Trinajstić information content (AvgIpc) is 3.10. The second-order valence-corrected chi connectivity index (χ2v) is 10.5. The summed E-state index contributed by atoms with van der Waals surface area (Å²) in [4.78, 5) is 35.6. The highest BCUT2D eigenvalue weighted by Crippen LogP contribution is 2.44. The molecule has 0 spiro atoms. The molecule has 1 aliphatic rings. The number of amides is 2. The lowest BCUT2D eigenvalue weighted by atomic mass is 9.84. The minimum atomic E-state index is -0.878. The van der Waals surface area contributed by atoms with Crippen molar-refractivity contribution in [3.63, 3.8) is 0 Å². The third kappa shape index (κ3) is 6.76. The van der Waals surface area contributed by atoms with Crippen LogP contribution in [-0.2, 0) is 14.3 Å². The first-order valence-electron chi connectivity index (χ1n) is 11.3. The minimum absolute atomic E-state index is 0.00380. The van der Waals surface area contributed by atoms with Crippen LogP contribution in [0.1, 0.15) is 44.2 Å². The SMILES string of the molecule is CC(C)(C)C(CC(=O)NCCSCC(=O)O)NC(=O)OCC1c2ccccc2-c2ccccc21. The lowest BCUT2D eigenvalue weighted by Crippen LogP contribution is -2.47. The predicted octanol–water partition coefficient (Wildman–Crippen LogP) is 4.26. The van der Waals surface area contributed by atoms with E-state index in [2.05, 4.69) is 34.9 Å². The Labute approximate surface area is 204 Å². The van der Waals surface area contributed by atoms with Gasteiger partial charge >= 0.3 is 12.1 Å². The van der Waals surface area contributed by atoms with E-state index in [1.807, 2.05) is 45.0 Å². The maximum absolute atomic E-state index is 12.7. The van der Waals surface area contributed by atoms with E-state index >= 15 is 0 Å². The number of carbonyl (C=O) groups is 3. The highest BCUT2D eigenvalue weighted by Gasteiger charge is 2.31. The summed E-state index contributed by atoms with van der Waals surface area (Å²) in [5.41, 5.74) is 4.25. The monoisotopic (exact) mass is 484 g/mol. The van der Waals surface area contributed by atoms with Crippen molar-refractivity contribution in [1.82, 2.24) is 10.6 Å². The molecule has 0 aromatic heterocycles. The number of fused-ring (bicyclic) bond motifs is 3. The van der Waals surface area contributed by atoms with E-state index in [0.29, 0.717) is 12.3 Å². The van der Waals surface area contributed by atoms with Crippen LogP contribution in [0, 0.1) is 5.41 Å². The van der Waals surface area contributed by atoms with Gasteiger partial charge in [-0.25, -0.2) is 4.79 Å². The van der Waals surface area contributed by atoms with Crippen molar-refractivity contribution >= 4 is 29.7 Å². The van der Waals surface area contributed by atoms with Crippen LogP contribution in [0.5, 0.6) is 0 Å². The molecule has 0 radical (unpaired) electrons. The summed E-state index contributed by atoms with van der Waals surface area (Å²) in [6.45, 7) is 6.45. The molecule has 1 unspecified atom stereocenters. The van der Waals surface area contributed by atoms with Crippen molar-refractivity contribution in [2.24, 2.45) is 5.41 Å². The first kappa shape index (κ1) is 25.6. The highest BCUT2D eigenvalue weighted by atomic mass is 32.2. The van der Waals surface area contributed by atoms with E-state index in [1.165, 1.54) is 11.8 Å². The summed E-state index contributed by atoms with van der Waals surface area (Å²) in [5.74, 6) is -0.592. The van der Waals surface area contributed by atoms with Gasteiger partial charge in [0.25, 0.3) is 0 Å². The van der Waals surface area contributed by atoms with Crippen molar-refractivity contribution in [3.05, 3.63) is 59.7 Å². The van der Waals surface area contributed by atoms with Crippen molar-refractivity contribution in [3.8, 4) is 11.1 Å². The smallest absolute Gasteiger partial charge is 0.407 e. The Kier molecular flexibility index (Phi) is 8.61. The molecule has 2 aromatic carbocycles. The summed E-state index contributed by atoms with van der Waals surface area (Å²) in [6.07, 6.45) is -0.441. The topological polar surface area (TPSA) is 105 Å². The van der Waals surface area contributed by atoms with Gasteiger partial charge in [-0.1, -0.05) is 69.3 Å². The number of carboxylic acids is 1. The van der Waals surface area contributed by atoms with Crippen LogP contribution in [0.15, 0.2) is 48.5 Å². The van der Waals surface area contributed by atoms with Gasteiger partial charge in [-0.2, -0.15) is 0 Å². The zero-order valence-corrected chi connectivity index (χ0v) is 20.6. The summed E-state index contributed by atoms with van der Waals surface area (Å²) in [6, 6.07) is 15.9. The van der Waals surface area contributed by atoms with Crippen molar-refractivity contribution in [2.45, 2.75) is 39.2 Å². The van der Waals surface area contributed by atoms with Crippen LogP contribution >= 0.6 is 11.8 Å². The molecule has 3 rings (SSSR count). The Balaban J connectivity index is 1.54. The van der Waals surface area contributed by atoms with Gasteiger partial charge in [0, 0.05) is 30.7 Å². The van der Waals surface area contributed by atoms with E-state index in [0.717, 1.165) is 22.3 Å². The van der Waals surface area contributed by atoms with Crippen molar-refractivity contribution in [1.29, 1.82) is 0 Å². The summed E-state index contributed by atoms with van der Waals surface area (Å²) >= 11 is 1.24. The van der Waals surface area contributed by atoms with Crippen LogP contribution in [0.4, 0.5) is 4.79 Å². The molecule has 1 aliphatic carbocycles. The number of hydrogen-bond acceptors (Lipinski definition) is 5. The Bertz CT molecular complexity index is 988. The molecule has 0 saturated heterocycles. The second kappa shape index (κ2) is 11.4. The number of alkyl carbamates (subject to hydrolysis) is 1. The molecule has 0 aliphatic heterocycles.